The summed E-state index contributed by atoms with van der Waals surface area (Å²) in [7, 11) is 1.78. The minimum absolute atomic E-state index is 0.0663. The Morgan fingerprint density at radius 3 is 2.75 bits per heavy atom. The molecule has 0 N–H and O–H groups in total. The highest BCUT2D eigenvalue weighted by molar-refractivity contribution is 6.02. The molecular formula is C12H13N3O. The van der Waals surface area contributed by atoms with Crippen molar-refractivity contribution in [3.63, 3.8) is 0 Å². The molecule has 0 fully saturated rings. The zero-order valence-electron chi connectivity index (χ0n) is 9.18. The molecule has 0 saturated heterocycles. The molecule has 1 aliphatic rings. The lowest BCUT2D eigenvalue weighted by molar-refractivity contribution is -0.117. The van der Waals surface area contributed by atoms with Gasteiger partial charge in [-0.25, -0.2) is 0 Å². The lowest BCUT2D eigenvalue weighted by Gasteiger charge is -2.35. The molecule has 0 aliphatic carbocycles. The van der Waals surface area contributed by atoms with Gasteiger partial charge in [0.25, 0.3) is 0 Å². The topological polar surface area (TPSA) is 47.3 Å². The van der Waals surface area contributed by atoms with Gasteiger partial charge in [0.15, 0.2) is 0 Å². The molecule has 2 rings (SSSR count). The predicted octanol–water partition coefficient (Wildman–Crippen LogP) is 1.38. The monoisotopic (exact) mass is 215 g/mol. The van der Waals surface area contributed by atoms with Crippen LogP contribution in [-0.2, 0) is 4.79 Å². The number of benzene rings is 1. The molecule has 1 heterocycles. The summed E-state index contributed by atoms with van der Waals surface area (Å²) in [6.45, 7) is 0.961. The van der Waals surface area contributed by atoms with Crippen LogP contribution in [0.3, 0.4) is 0 Å². The summed E-state index contributed by atoms with van der Waals surface area (Å²) in [5.41, 5.74) is 1.94. The third kappa shape index (κ3) is 1.72. The number of para-hydroxylation sites is 2. The highest BCUT2D eigenvalue weighted by Crippen LogP contribution is 2.32. The summed E-state index contributed by atoms with van der Waals surface area (Å²) in [6, 6.07) is 9.87. The van der Waals surface area contributed by atoms with Gasteiger partial charge in [0, 0.05) is 13.6 Å². The van der Waals surface area contributed by atoms with Crippen molar-refractivity contribution in [2.45, 2.75) is 6.42 Å². The maximum Gasteiger partial charge on any atom is 0.246 e. The fourth-order valence-electron chi connectivity index (χ4n) is 1.89. The summed E-state index contributed by atoms with van der Waals surface area (Å²) in [5.74, 6) is 0.0663. The Hall–Kier alpha value is -2.02. The second kappa shape index (κ2) is 4.23. The minimum Gasteiger partial charge on any atom is -0.359 e. The number of likely N-dealkylation sites (N-methyl/N-ethyl adjacent to an activating group) is 1. The number of carbonyl (C=O) groups is 1. The molecule has 0 unspecified atom stereocenters. The van der Waals surface area contributed by atoms with Crippen molar-refractivity contribution in [3.8, 4) is 6.07 Å². The van der Waals surface area contributed by atoms with E-state index in [4.69, 9.17) is 5.26 Å². The molecule has 1 aromatic carbocycles. The van der Waals surface area contributed by atoms with Gasteiger partial charge in [0.05, 0.1) is 30.4 Å². The molecule has 82 valence electrons. The molecule has 0 spiro atoms. The van der Waals surface area contributed by atoms with Crippen molar-refractivity contribution >= 4 is 17.3 Å². The van der Waals surface area contributed by atoms with Crippen LogP contribution < -0.4 is 9.80 Å². The fraction of sp³-hybridized carbons (Fsp3) is 0.333. The second-order valence-electron chi connectivity index (χ2n) is 3.77. The third-order valence-corrected chi connectivity index (χ3v) is 2.78. The van der Waals surface area contributed by atoms with Crippen LogP contribution in [0.5, 0.6) is 0 Å². The van der Waals surface area contributed by atoms with Crippen molar-refractivity contribution in [2.75, 3.05) is 29.9 Å². The molecule has 4 nitrogen and oxygen atoms in total. The van der Waals surface area contributed by atoms with Crippen molar-refractivity contribution in [2.24, 2.45) is 0 Å². The van der Waals surface area contributed by atoms with E-state index >= 15 is 0 Å². The van der Waals surface area contributed by atoms with Gasteiger partial charge in [-0.15, -0.1) is 0 Å². The number of hydrogen-bond donors (Lipinski definition) is 0. The first-order chi connectivity index (χ1) is 7.74. The van der Waals surface area contributed by atoms with Crippen molar-refractivity contribution < 1.29 is 4.79 Å². The van der Waals surface area contributed by atoms with Crippen molar-refractivity contribution in [1.82, 2.24) is 0 Å². The average Bonchev–Trinajstić information content (AvgIpc) is 2.32. The van der Waals surface area contributed by atoms with E-state index in [0.29, 0.717) is 19.5 Å². The largest absolute Gasteiger partial charge is 0.359 e. The van der Waals surface area contributed by atoms with Crippen LogP contribution in [0.2, 0.25) is 0 Å². The van der Waals surface area contributed by atoms with E-state index in [1.165, 1.54) is 0 Å². The first-order valence-electron chi connectivity index (χ1n) is 5.21. The molecule has 0 aromatic heterocycles. The number of fused-ring (bicyclic) bond motifs is 1. The molecule has 0 bridgehead atoms. The molecule has 4 heteroatoms. The van der Waals surface area contributed by atoms with E-state index in [-0.39, 0.29) is 5.91 Å². The van der Waals surface area contributed by atoms with Gasteiger partial charge in [-0.3, -0.25) is 4.79 Å². The molecule has 0 atom stereocenters. The van der Waals surface area contributed by atoms with Gasteiger partial charge < -0.3 is 9.80 Å². The maximum absolute atomic E-state index is 11.7. The van der Waals surface area contributed by atoms with Gasteiger partial charge in [0.2, 0.25) is 5.91 Å². The SMILES string of the molecule is CN1C(=O)CN(CCC#N)c2ccccc21. The summed E-state index contributed by atoms with van der Waals surface area (Å²) in [5, 5.41) is 8.59. The van der Waals surface area contributed by atoms with E-state index in [0.717, 1.165) is 11.4 Å². The average molecular weight is 215 g/mol. The first-order valence-corrected chi connectivity index (χ1v) is 5.21. The number of rotatable bonds is 2. The number of anilines is 2. The Bertz CT molecular complexity index is 450. The van der Waals surface area contributed by atoms with E-state index in [1.807, 2.05) is 29.2 Å². The highest BCUT2D eigenvalue weighted by Gasteiger charge is 2.25. The smallest absolute Gasteiger partial charge is 0.246 e. The Morgan fingerprint density at radius 1 is 1.38 bits per heavy atom. The highest BCUT2D eigenvalue weighted by atomic mass is 16.2. The standard InChI is InChI=1S/C12H13N3O/c1-14-10-5-2-3-6-11(10)15(8-4-7-13)9-12(14)16/h2-3,5-6H,4,8-9H2,1H3. The third-order valence-electron chi connectivity index (χ3n) is 2.78. The van der Waals surface area contributed by atoms with Gasteiger partial charge in [-0.05, 0) is 12.1 Å². The van der Waals surface area contributed by atoms with Crippen LogP contribution in [0, 0.1) is 11.3 Å². The van der Waals surface area contributed by atoms with Crippen molar-refractivity contribution in [1.29, 1.82) is 5.26 Å². The molecule has 0 radical (unpaired) electrons. The molecular weight excluding hydrogens is 202 g/mol. The Balaban J connectivity index is 2.34. The van der Waals surface area contributed by atoms with Crippen LogP contribution in [0.4, 0.5) is 11.4 Å². The van der Waals surface area contributed by atoms with Crippen LogP contribution in [0.25, 0.3) is 0 Å². The normalized spacial score (nSPS) is 14.6. The Morgan fingerprint density at radius 2 is 2.06 bits per heavy atom. The number of carbonyl (C=O) groups excluding carboxylic acids is 1. The van der Waals surface area contributed by atoms with E-state index in [9.17, 15) is 4.79 Å². The summed E-state index contributed by atoms with van der Waals surface area (Å²) in [6.07, 6.45) is 0.436. The summed E-state index contributed by atoms with van der Waals surface area (Å²) >= 11 is 0. The predicted molar refractivity (Wildman–Crippen MR) is 62.3 cm³/mol. The van der Waals surface area contributed by atoms with E-state index in [1.54, 1.807) is 11.9 Å². The quantitative estimate of drug-likeness (QED) is 0.748. The zero-order chi connectivity index (χ0) is 11.5. The minimum atomic E-state index is 0.0663. The van der Waals surface area contributed by atoms with Crippen LogP contribution in [0.15, 0.2) is 24.3 Å². The zero-order valence-corrected chi connectivity index (χ0v) is 9.18. The van der Waals surface area contributed by atoms with Gasteiger partial charge >= 0.3 is 0 Å². The molecule has 1 aromatic rings. The van der Waals surface area contributed by atoms with Crippen LogP contribution in [-0.4, -0.2) is 26.0 Å². The number of nitrogens with zero attached hydrogens (tertiary/aromatic N) is 3. The lowest BCUT2D eigenvalue weighted by Crippen LogP contribution is -2.44. The van der Waals surface area contributed by atoms with Gasteiger partial charge in [-0.1, -0.05) is 12.1 Å². The fourth-order valence-corrected chi connectivity index (χ4v) is 1.89. The number of hydrogen-bond acceptors (Lipinski definition) is 3. The van der Waals surface area contributed by atoms with Crippen molar-refractivity contribution in [3.05, 3.63) is 24.3 Å². The van der Waals surface area contributed by atoms with Crippen LogP contribution >= 0.6 is 0 Å². The second-order valence-corrected chi connectivity index (χ2v) is 3.77. The summed E-state index contributed by atoms with van der Waals surface area (Å²) < 4.78 is 0. The number of amides is 1. The van der Waals surface area contributed by atoms with E-state index in [2.05, 4.69) is 6.07 Å². The van der Waals surface area contributed by atoms with Crippen LogP contribution in [0.1, 0.15) is 6.42 Å². The Labute approximate surface area is 94.7 Å². The molecule has 1 aliphatic heterocycles. The number of nitriles is 1. The first kappa shape index (κ1) is 10.5. The Kier molecular flexibility index (Phi) is 2.78. The summed E-state index contributed by atoms with van der Waals surface area (Å²) in [4.78, 5) is 15.4. The lowest BCUT2D eigenvalue weighted by atomic mass is 10.1. The molecule has 1 amide bonds. The molecule has 16 heavy (non-hydrogen) atoms. The molecule has 0 saturated carbocycles. The maximum atomic E-state index is 11.7. The van der Waals surface area contributed by atoms with E-state index < -0.39 is 0 Å². The van der Waals surface area contributed by atoms with Gasteiger partial charge in [0.1, 0.15) is 0 Å². The van der Waals surface area contributed by atoms with Gasteiger partial charge in [-0.2, -0.15) is 5.26 Å².